The number of carbonyl (C=O) groups excluding carboxylic acids is 1. The normalized spacial score (nSPS) is 12.4. The van der Waals surface area contributed by atoms with Gasteiger partial charge in [0.25, 0.3) is 0 Å². The predicted molar refractivity (Wildman–Crippen MR) is 117 cm³/mol. The fourth-order valence-electron chi connectivity index (χ4n) is 3.67. The van der Waals surface area contributed by atoms with Crippen LogP contribution >= 0.6 is 0 Å². The summed E-state index contributed by atoms with van der Waals surface area (Å²) >= 11 is 0. The lowest BCUT2D eigenvalue weighted by atomic mass is 10.1. The Bertz CT molecular complexity index is 1300. The summed E-state index contributed by atoms with van der Waals surface area (Å²) in [5.74, 6) is -0.967. The number of pyridine rings is 1. The van der Waals surface area contributed by atoms with Gasteiger partial charge in [0.05, 0.1) is 17.0 Å². The van der Waals surface area contributed by atoms with Crippen LogP contribution in [0.3, 0.4) is 0 Å². The lowest BCUT2D eigenvalue weighted by Gasteiger charge is -2.09. The third-order valence-electron chi connectivity index (χ3n) is 4.89. The molecule has 0 saturated heterocycles. The Kier molecular flexibility index (Phi) is 6.19. The predicted octanol–water partition coefficient (Wildman–Crippen LogP) is 3.85. The summed E-state index contributed by atoms with van der Waals surface area (Å²) in [7, 11) is -7.96. The number of carbonyl (C=O) groups is 1. The molecular formula is C22H25NO5S2. The molecule has 0 spiro atoms. The minimum absolute atomic E-state index is 0.122. The summed E-state index contributed by atoms with van der Waals surface area (Å²) in [6.45, 7) is 5.14. The van der Waals surface area contributed by atoms with Crippen LogP contribution in [0.5, 0.6) is 0 Å². The number of aryl methyl sites for hydroxylation is 1. The van der Waals surface area contributed by atoms with Crippen LogP contribution in [-0.2, 0) is 19.7 Å². The molecule has 0 amide bonds. The smallest absolute Gasteiger partial charge is 0.211 e. The molecule has 0 saturated carbocycles. The van der Waals surface area contributed by atoms with Gasteiger partial charge in [0.2, 0.25) is 5.78 Å². The minimum Gasteiger partial charge on any atom is -0.311 e. The molecule has 8 heteroatoms. The maximum absolute atomic E-state index is 13.5. The number of ketones is 1. The van der Waals surface area contributed by atoms with Crippen molar-refractivity contribution in [3.63, 3.8) is 0 Å². The van der Waals surface area contributed by atoms with Crippen LogP contribution in [0.4, 0.5) is 0 Å². The summed E-state index contributed by atoms with van der Waals surface area (Å²) in [5.41, 5.74) is 1.01. The average molecular weight is 448 g/mol. The summed E-state index contributed by atoms with van der Waals surface area (Å²) in [6, 6.07) is 11.7. The molecule has 3 rings (SSSR count). The average Bonchev–Trinajstić information content (AvgIpc) is 3.06. The highest BCUT2D eigenvalue weighted by Crippen LogP contribution is 2.36. The molecule has 3 aromatic rings. The fourth-order valence-corrected chi connectivity index (χ4v) is 7.72. The van der Waals surface area contributed by atoms with Crippen LogP contribution in [0.25, 0.3) is 5.52 Å². The lowest BCUT2D eigenvalue weighted by Crippen LogP contribution is -2.17. The van der Waals surface area contributed by atoms with Gasteiger partial charge in [-0.25, -0.2) is 16.8 Å². The molecule has 2 aromatic heterocycles. The van der Waals surface area contributed by atoms with Gasteiger partial charge in [0, 0.05) is 11.8 Å². The van der Waals surface area contributed by atoms with Crippen molar-refractivity contribution in [3.05, 3.63) is 65.5 Å². The van der Waals surface area contributed by atoms with Gasteiger partial charge in [-0.3, -0.25) is 4.79 Å². The highest BCUT2D eigenvalue weighted by Gasteiger charge is 2.37. The molecule has 0 aliphatic carbocycles. The number of benzene rings is 1. The quantitative estimate of drug-likeness (QED) is 0.489. The van der Waals surface area contributed by atoms with E-state index in [0.29, 0.717) is 24.0 Å². The molecule has 0 unspecified atom stereocenters. The van der Waals surface area contributed by atoms with E-state index >= 15 is 0 Å². The Morgan fingerprint density at radius 1 is 0.833 bits per heavy atom. The number of aromatic nitrogens is 1. The standard InChI is InChI=1S/C22H25NO5S2/c1-4-14-29(25,26)21-18-16(3)10-9-13-23(18)19(22(21)30(27,28)15-5-2)20(24)17-11-7-6-8-12-17/h6-13H,4-5,14-15H2,1-3H3. The molecule has 160 valence electrons. The lowest BCUT2D eigenvalue weighted by molar-refractivity contribution is 0.103. The van der Waals surface area contributed by atoms with E-state index in [1.165, 1.54) is 4.40 Å². The summed E-state index contributed by atoms with van der Waals surface area (Å²) in [5, 5.41) is 0. The molecular weight excluding hydrogens is 422 g/mol. The second-order valence-electron chi connectivity index (χ2n) is 7.25. The van der Waals surface area contributed by atoms with Gasteiger partial charge in [-0.15, -0.1) is 0 Å². The van der Waals surface area contributed by atoms with E-state index in [2.05, 4.69) is 0 Å². The van der Waals surface area contributed by atoms with Gasteiger partial charge >= 0.3 is 0 Å². The van der Waals surface area contributed by atoms with Crippen molar-refractivity contribution in [2.45, 2.75) is 43.4 Å². The van der Waals surface area contributed by atoms with E-state index in [1.54, 1.807) is 69.4 Å². The molecule has 0 radical (unpaired) electrons. The highest BCUT2D eigenvalue weighted by molar-refractivity contribution is 7.94. The number of fused-ring (bicyclic) bond motifs is 1. The molecule has 0 atom stereocenters. The zero-order valence-electron chi connectivity index (χ0n) is 17.3. The van der Waals surface area contributed by atoms with Crippen LogP contribution < -0.4 is 0 Å². The molecule has 30 heavy (non-hydrogen) atoms. The monoisotopic (exact) mass is 447 g/mol. The van der Waals surface area contributed by atoms with Crippen LogP contribution in [-0.4, -0.2) is 38.5 Å². The number of rotatable bonds is 8. The van der Waals surface area contributed by atoms with E-state index in [1.807, 2.05) is 0 Å². The highest BCUT2D eigenvalue weighted by atomic mass is 32.2. The van der Waals surface area contributed by atoms with Crippen LogP contribution in [0, 0.1) is 6.92 Å². The van der Waals surface area contributed by atoms with E-state index in [-0.39, 0.29) is 32.5 Å². The second kappa shape index (κ2) is 8.35. The van der Waals surface area contributed by atoms with Gasteiger partial charge < -0.3 is 4.40 Å². The van der Waals surface area contributed by atoms with Crippen molar-refractivity contribution in [1.82, 2.24) is 4.40 Å². The van der Waals surface area contributed by atoms with E-state index in [9.17, 15) is 21.6 Å². The van der Waals surface area contributed by atoms with Crippen LogP contribution in [0.15, 0.2) is 58.5 Å². The first-order chi connectivity index (χ1) is 14.2. The van der Waals surface area contributed by atoms with Crippen LogP contribution in [0.1, 0.15) is 48.3 Å². The fraction of sp³-hybridized carbons (Fsp3) is 0.318. The minimum atomic E-state index is -4.03. The first kappa shape index (κ1) is 22.2. The second-order valence-corrected chi connectivity index (χ2v) is 11.3. The molecule has 0 aliphatic rings. The Morgan fingerprint density at radius 2 is 1.40 bits per heavy atom. The van der Waals surface area contributed by atoms with Gasteiger partial charge in [0.15, 0.2) is 19.7 Å². The maximum atomic E-state index is 13.5. The third kappa shape index (κ3) is 3.81. The Labute approximate surface area is 177 Å². The zero-order chi connectivity index (χ0) is 22.1. The molecule has 0 N–H and O–H groups in total. The molecule has 2 heterocycles. The maximum Gasteiger partial charge on any atom is 0.211 e. The van der Waals surface area contributed by atoms with E-state index < -0.39 is 25.5 Å². The zero-order valence-corrected chi connectivity index (χ0v) is 18.9. The Morgan fingerprint density at radius 3 is 1.97 bits per heavy atom. The summed E-state index contributed by atoms with van der Waals surface area (Å²) in [6.07, 6.45) is 2.19. The van der Waals surface area contributed by atoms with Gasteiger partial charge in [-0.1, -0.05) is 50.2 Å². The number of sulfone groups is 2. The molecule has 1 aromatic carbocycles. The first-order valence-corrected chi connectivity index (χ1v) is 13.1. The van der Waals surface area contributed by atoms with Crippen molar-refractivity contribution >= 4 is 31.0 Å². The topological polar surface area (TPSA) is 89.8 Å². The first-order valence-electron chi connectivity index (χ1n) is 9.84. The van der Waals surface area contributed by atoms with E-state index in [4.69, 9.17) is 0 Å². The van der Waals surface area contributed by atoms with E-state index in [0.717, 1.165) is 0 Å². The molecule has 0 fully saturated rings. The summed E-state index contributed by atoms with van der Waals surface area (Å²) < 4.78 is 54.6. The molecule has 0 aliphatic heterocycles. The van der Waals surface area contributed by atoms with Crippen molar-refractivity contribution in [1.29, 1.82) is 0 Å². The van der Waals surface area contributed by atoms with Crippen LogP contribution in [0.2, 0.25) is 0 Å². The van der Waals surface area contributed by atoms with Crippen molar-refractivity contribution in [2.24, 2.45) is 0 Å². The number of nitrogens with zero attached hydrogens (tertiary/aromatic N) is 1. The Balaban J connectivity index is 2.56. The molecule has 6 nitrogen and oxygen atoms in total. The number of hydrogen-bond acceptors (Lipinski definition) is 5. The third-order valence-corrected chi connectivity index (χ3v) is 8.95. The van der Waals surface area contributed by atoms with Crippen molar-refractivity contribution in [3.8, 4) is 0 Å². The van der Waals surface area contributed by atoms with Gasteiger partial charge in [-0.2, -0.15) is 0 Å². The van der Waals surface area contributed by atoms with Gasteiger partial charge in [0.1, 0.15) is 15.5 Å². The number of hydrogen-bond donors (Lipinski definition) is 0. The summed E-state index contributed by atoms with van der Waals surface area (Å²) in [4.78, 5) is 12.8. The van der Waals surface area contributed by atoms with Gasteiger partial charge in [-0.05, 0) is 31.4 Å². The largest absolute Gasteiger partial charge is 0.311 e. The van der Waals surface area contributed by atoms with Crippen molar-refractivity contribution < 1.29 is 21.6 Å². The SMILES string of the molecule is CCCS(=O)(=O)c1c(S(=O)(=O)CCC)c2c(C)cccn2c1C(=O)c1ccccc1. The van der Waals surface area contributed by atoms with Crippen molar-refractivity contribution in [2.75, 3.05) is 11.5 Å². The Hall–Kier alpha value is -2.45. The molecule has 0 bridgehead atoms.